The average Bonchev–Trinajstić information content (AvgIpc) is 2.89. The molecule has 2 amide bonds. The number of nitrogens with one attached hydrogen (secondary N) is 1. The Labute approximate surface area is 190 Å². The molecule has 1 N–H and O–H groups in total. The molecule has 0 radical (unpaired) electrons. The number of carbonyl (C=O) groups is 2. The van der Waals surface area contributed by atoms with Gasteiger partial charge < -0.3 is 15.1 Å². The van der Waals surface area contributed by atoms with E-state index in [4.69, 9.17) is 0 Å². The van der Waals surface area contributed by atoms with Crippen molar-refractivity contribution in [2.24, 2.45) is 0 Å². The van der Waals surface area contributed by atoms with Crippen LogP contribution in [-0.4, -0.2) is 48.1 Å². The number of anilines is 1. The summed E-state index contributed by atoms with van der Waals surface area (Å²) in [5.74, 6) is -0.462. The molecule has 0 spiro atoms. The number of carbonyl (C=O) groups excluding carboxylic acids is 2. The van der Waals surface area contributed by atoms with Crippen LogP contribution >= 0.6 is 0 Å². The van der Waals surface area contributed by atoms with Crippen LogP contribution in [0, 0.1) is 0 Å². The van der Waals surface area contributed by atoms with E-state index in [2.05, 4.69) is 5.32 Å². The molecule has 0 aromatic heterocycles. The lowest BCUT2D eigenvalue weighted by molar-refractivity contribution is 0.0947. The molecule has 0 bridgehead atoms. The van der Waals surface area contributed by atoms with E-state index in [-0.39, 0.29) is 11.8 Å². The van der Waals surface area contributed by atoms with Gasteiger partial charge in [0.25, 0.3) is 11.8 Å². The molecular weight excluding hydrogens is 422 g/mol. The van der Waals surface area contributed by atoms with Crippen LogP contribution in [0.3, 0.4) is 0 Å². The highest BCUT2D eigenvalue weighted by Crippen LogP contribution is 2.36. The molecule has 0 saturated heterocycles. The molecule has 1 atom stereocenters. The van der Waals surface area contributed by atoms with Crippen LogP contribution in [0.4, 0.5) is 5.69 Å². The lowest BCUT2D eigenvalue weighted by Crippen LogP contribution is -2.32. The minimum Gasteiger partial charge on any atom is -0.351 e. The molecule has 7 heteroatoms. The predicted molar refractivity (Wildman–Crippen MR) is 125 cm³/mol. The first-order valence-corrected chi connectivity index (χ1v) is 11.5. The van der Waals surface area contributed by atoms with E-state index < -0.39 is 10.8 Å². The topological polar surface area (TPSA) is 69.7 Å². The van der Waals surface area contributed by atoms with Crippen molar-refractivity contribution in [3.8, 4) is 0 Å². The summed E-state index contributed by atoms with van der Waals surface area (Å²) >= 11 is 0. The number of nitrogens with zero attached hydrogens (tertiary/aromatic N) is 2. The second-order valence-corrected chi connectivity index (χ2v) is 9.30. The molecule has 3 aromatic rings. The average molecular weight is 448 g/mol. The van der Waals surface area contributed by atoms with Crippen molar-refractivity contribution in [2.45, 2.75) is 16.3 Å². The number of likely N-dealkylation sites (N-methyl/N-ethyl adjacent to an activating group) is 1. The van der Waals surface area contributed by atoms with Gasteiger partial charge in [-0.3, -0.25) is 9.59 Å². The maximum atomic E-state index is 13.6. The molecule has 0 fully saturated rings. The first-order chi connectivity index (χ1) is 15.5. The Bertz CT molecular complexity index is 1180. The highest BCUT2D eigenvalue weighted by atomic mass is 32.2. The second kappa shape index (κ2) is 9.46. The standard InChI is InChI=1S/C25H25N3O3S/c1-27(2)15-14-26-24(29)19-12-13-23-21(16-19)28(17-18-8-4-3-5-9-18)25(30)20-10-6-7-11-22(20)32(23)31/h3-13,16H,14-15,17H2,1-2H3,(H,26,29). The molecule has 6 nitrogen and oxygen atoms in total. The van der Waals surface area contributed by atoms with Gasteiger partial charge in [0, 0.05) is 18.7 Å². The molecule has 164 valence electrons. The monoisotopic (exact) mass is 447 g/mol. The predicted octanol–water partition coefficient (Wildman–Crippen LogP) is 3.31. The Morgan fingerprint density at radius 2 is 1.69 bits per heavy atom. The lowest BCUT2D eigenvalue weighted by atomic mass is 10.1. The van der Waals surface area contributed by atoms with E-state index in [1.54, 1.807) is 47.4 Å². The fourth-order valence-corrected chi connectivity index (χ4v) is 4.97. The van der Waals surface area contributed by atoms with Gasteiger partial charge in [-0.25, -0.2) is 4.21 Å². The number of rotatable bonds is 6. The molecule has 1 aliphatic heterocycles. The van der Waals surface area contributed by atoms with E-state index in [9.17, 15) is 13.8 Å². The minimum absolute atomic E-state index is 0.227. The maximum absolute atomic E-state index is 13.6. The zero-order valence-electron chi connectivity index (χ0n) is 18.1. The number of hydrogen-bond acceptors (Lipinski definition) is 4. The summed E-state index contributed by atoms with van der Waals surface area (Å²) in [4.78, 5) is 30.9. The number of hydrogen-bond donors (Lipinski definition) is 1. The van der Waals surface area contributed by atoms with Crippen LogP contribution < -0.4 is 10.2 Å². The minimum atomic E-state index is -1.54. The zero-order valence-corrected chi connectivity index (χ0v) is 18.9. The molecule has 0 aliphatic carbocycles. The van der Waals surface area contributed by atoms with Gasteiger partial charge in [0.2, 0.25) is 0 Å². The summed E-state index contributed by atoms with van der Waals surface area (Å²) in [6.45, 7) is 1.53. The summed E-state index contributed by atoms with van der Waals surface area (Å²) in [7, 11) is 2.34. The fraction of sp³-hybridized carbons (Fsp3) is 0.200. The Morgan fingerprint density at radius 3 is 2.44 bits per heavy atom. The highest BCUT2D eigenvalue weighted by Gasteiger charge is 2.31. The van der Waals surface area contributed by atoms with Crippen molar-refractivity contribution in [1.82, 2.24) is 10.2 Å². The van der Waals surface area contributed by atoms with Crippen molar-refractivity contribution in [3.63, 3.8) is 0 Å². The van der Waals surface area contributed by atoms with Crippen LogP contribution in [0.15, 0.2) is 82.6 Å². The van der Waals surface area contributed by atoms with Gasteiger partial charge in [0.05, 0.1) is 38.4 Å². The van der Waals surface area contributed by atoms with Gasteiger partial charge in [-0.05, 0) is 50.0 Å². The Morgan fingerprint density at radius 1 is 0.969 bits per heavy atom. The second-order valence-electron chi connectivity index (χ2n) is 7.88. The van der Waals surface area contributed by atoms with Gasteiger partial charge in [-0.1, -0.05) is 42.5 Å². The van der Waals surface area contributed by atoms with E-state index in [1.165, 1.54) is 0 Å². The third-order valence-electron chi connectivity index (χ3n) is 5.30. The van der Waals surface area contributed by atoms with Crippen molar-refractivity contribution >= 4 is 28.3 Å². The molecule has 1 aliphatic rings. The Kier molecular flexibility index (Phi) is 6.48. The quantitative estimate of drug-likeness (QED) is 0.630. The van der Waals surface area contributed by atoms with E-state index in [0.29, 0.717) is 46.2 Å². The fourth-order valence-electron chi connectivity index (χ4n) is 3.62. The van der Waals surface area contributed by atoms with Crippen LogP contribution in [0.2, 0.25) is 0 Å². The van der Waals surface area contributed by atoms with Gasteiger partial charge in [0.15, 0.2) is 0 Å². The van der Waals surface area contributed by atoms with Crippen molar-refractivity contribution in [3.05, 3.63) is 89.5 Å². The number of amides is 2. The van der Waals surface area contributed by atoms with Gasteiger partial charge in [-0.15, -0.1) is 0 Å². The highest BCUT2D eigenvalue weighted by molar-refractivity contribution is 7.85. The molecule has 0 saturated carbocycles. The summed E-state index contributed by atoms with van der Waals surface area (Å²) in [5, 5.41) is 2.90. The summed E-state index contributed by atoms with van der Waals surface area (Å²) < 4.78 is 13.4. The molecule has 3 aromatic carbocycles. The third-order valence-corrected chi connectivity index (χ3v) is 6.80. The first kappa shape index (κ1) is 21.9. The van der Waals surface area contributed by atoms with Crippen LogP contribution in [0.25, 0.3) is 0 Å². The van der Waals surface area contributed by atoms with E-state index >= 15 is 0 Å². The number of benzene rings is 3. The smallest absolute Gasteiger partial charge is 0.259 e. The van der Waals surface area contributed by atoms with E-state index in [1.807, 2.05) is 49.3 Å². The summed E-state index contributed by atoms with van der Waals surface area (Å²) in [6, 6.07) is 21.6. The largest absolute Gasteiger partial charge is 0.351 e. The third kappa shape index (κ3) is 4.49. The Balaban J connectivity index is 1.77. The molecular formula is C25H25N3O3S. The van der Waals surface area contributed by atoms with Gasteiger partial charge >= 0.3 is 0 Å². The van der Waals surface area contributed by atoms with Crippen molar-refractivity contribution in [1.29, 1.82) is 0 Å². The maximum Gasteiger partial charge on any atom is 0.259 e. The molecule has 32 heavy (non-hydrogen) atoms. The summed E-state index contributed by atoms with van der Waals surface area (Å²) in [5.41, 5.74) is 2.28. The lowest BCUT2D eigenvalue weighted by Gasteiger charge is -2.23. The SMILES string of the molecule is CN(C)CCNC(=O)c1ccc2c(c1)N(Cc1ccccc1)C(=O)c1ccccc1S2=O. The summed E-state index contributed by atoms with van der Waals surface area (Å²) in [6.07, 6.45) is 0. The van der Waals surface area contributed by atoms with Crippen LogP contribution in [-0.2, 0) is 17.3 Å². The molecule has 1 unspecified atom stereocenters. The van der Waals surface area contributed by atoms with Crippen LogP contribution in [0.1, 0.15) is 26.3 Å². The molecule has 4 rings (SSSR count). The molecule has 1 heterocycles. The van der Waals surface area contributed by atoms with Crippen molar-refractivity contribution in [2.75, 3.05) is 32.1 Å². The van der Waals surface area contributed by atoms with Gasteiger partial charge in [0.1, 0.15) is 0 Å². The van der Waals surface area contributed by atoms with Crippen LogP contribution in [0.5, 0.6) is 0 Å². The van der Waals surface area contributed by atoms with Gasteiger partial charge in [-0.2, -0.15) is 0 Å². The number of fused-ring (bicyclic) bond motifs is 2. The van der Waals surface area contributed by atoms with E-state index in [0.717, 1.165) is 5.56 Å². The van der Waals surface area contributed by atoms with Crippen molar-refractivity contribution < 1.29 is 13.8 Å². The Hall–Kier alpha value is -3.29. The zero-order chi connectivity index (χ0) is 22.7. The first-order valence-electron chi connectivity index (χ1n) is 10.4. The normalized spacial score (nSPS) is 15.2.